The molecule has 0 aliphatic carbocycles. The predicted octanol–water partition coefficient (Wildman–Crippen LogP) is 3.86. The Hall–Kier alpha value is -2.86. The van der Waals surface area contributed by atoms with E-state index < -0.39 is 0 Å². The first-order valence-electron chi connectivity index (χ1n) is 9.13. The molecule has 0 atom stereocenters. The molecule has 6 nitrogen and oxygen atoms in total. The van der Waals surface area contributed by atoms with Crippen LogP contribution >= 0.6 is 0 Å². The third-order valence-electron chi connectivity index (χ3n) is 4.43. The van der Waals surface area contributed by atoms with Gasteiger partial charge in [0.25, 0.3) is 0 Å². The normalized spacial score (nSPS) is 13.3. The Bertz CT molecular complexity index is 971. The molecule has 140 valence electrons. The maximum atomic E-state index is 6.33. The molecule has 0 spiro atoms. The van der Waals surface area contributed by atoms with Crippen LogP contribution in [0.4, 0.5) is 5.69 Å². The zero-order valence-electron chi connectivity index (χ0n) is 16.5. The summed E-state index contributed by atoms with van der Waals surface area (Å²) >= 11 is 0. The van der Waals surface area contributed by atoms with E-state index in [0.29, 0.717) is 6.54 Å². The lowest BCUT2D eigenvalue weighted by molar-refractivity contribution is -0.0236. The van der Waals surface area contributed by atoms with E-state index in [4.69, 9.17) is 4.84 Å². The number of para-hydroxylation sites is 1. The predicted molar refractivity (Wildman–Crippen MR) is 108 cm³/mol. The SMILES string of the molecule is CN(C)n1nnc2c1-c1ccccc1CN(OC(C)(C)C)c1ccccc1-2. The maximum Gasteiger partial charge on any atom is 0.125 e. The molecule has 0 N–H and O–H groups in total. The molecule has 0 unspecified atom stereocenters. The Morgan fingerprint density at radius 2 is 1.63 bits per heavy atom. The minimum atomic E-state index is -0.314. The van der Waals surface area contributed by atoms with Gasteiger partial charge in [0.2, 0.25) is 0 Å². The van der Waals surface area contributed by atoms with Gasteiger partial charge in [-0.15, -0.1) is 5.10 Å². The number of hydrogen-bond donors (Lipinski definition) is 0. The second-order valence-electron chi connectivity index (χ2n) is 7.94. The first kappa shape index (κ1) is 17.5. The van der Waals surface area contributed by atoms with Gasteiger partial charge in [0.1, 0.15) is 11.4 Å². The highest BCUT2D eigenvalue weighted by Gasteiger charge is 2.29. The van der Waals surface area contributed by atoms with Crippen LogP contribution in [0.2, 0.25) is 0 Å². The van der Waals surface area contributed by atoms with Gasteiger partial charge in [0.15, 0.2) is 0 Å². The Balaban J connectivity index is 2.01. The average molecular weight is 363 g/mol. The Morgan fingerprint density at radius 1 is 0.963 bits per heavy atom. The van der Waals surface area contributed by atoms with Crippen LogP contribution < -0.4 is 10.1 Å². The Labute approximate surface area is 159 Å². The summed E-state index contributed by atoms with van der Waals surface area (Å²) < 4.78 is 0. The molecule has 4 rings (SSSR count). The van der Waals surface area contributed by atoms with Crippen molar-refractivity contribution in [3.8, 4) is 22.5 Å². The van der Waals surface area contributed by atoms with Crippen LogP contribution in [0.15, 0.2) is 48.5 Å². The molecule has 1 aliphatic heterocycles. The smallest absolute Gasteiger partial charge is 0.125 e. The van der Waals surface area contributed by atoms with Gasteiger partial charge in [0.05, 0.1) is 17.8 Å². The third-order valence-corrected chi connectivity index (χ3v) is 4.43. The monoisotopic (exact) mass is 363 g/mol. The van der Waals surface area contributed by atoms with Gasteiger partial charge < -0.3 is 5.01 Å². The molecule has 0 radical (unpaired) electrons. The van der Waals surface area contributed by atoms with E-state index in [2.05, 4.69) is 67.5 Å². The highest BCUT2D eigenvalue weighted by molar-refractivity contribution is 5.87. The van der Waals surface area contributed by atoms with Crippen LogP contribution in [0.3, 0.4) is 0 Å². The molecule has 0 saturated heterocycles. The fraction of sp³-hybridized carbons (Fsp3) is 0.333. The zero-order valence-corrected chi connectivity index (χ0v) is 16.5. The molecule has 3 aromatic rings. The summed E-state index contributed by atoms with van der Waals surface area (Å²) in [5.74, 6) is 0. The number of rotatable bonds is 2. The highest BCUT2D eigenvalue weighted by Crippen LogP contribution is 2.41. The third kappa shape index (κ3) is 3.17. The van der Waals surface area contributed by atoms with Crippen LogP contribution in [0, 0.1) is 0 Å². The summed E-state index contributed by atoms with van der Waals surface area (Å²) in [5.41, 5.74) is 5.83. The molecule has 0 fully saturated rings. The number of hydroxylamine groups is 1. The molecule has 6 heteroatoms. The zero-order chi connectivity index (χ0) is 19.2. The molecule has 27 heavy (non-hydrogen) atoms. The molecule has 0 amide bonds. The molecule has 2 aromatic carbocycles. The van der Waals surface area contributed by atoms with Gasteiger partial charge in [-0.25, -0.2) is 5.06 Å². The molecule has 1 aliphatic rings. The van der Waals surface area contributed by atoms with Gasteiger partial charge in [-0.05, 0) is 37.6 Å². The lowest BCUT2D eigenvalue weighted by atomic mass is 9.96. The standard InChI is InChI=1S/C21H25N5O/c1-21(2,3)27-25-14-15-10-6-7-11-16(15)20-19(22-23-26(20)24(4)5)17-12-8-9-13-18(17)25/h6-13H,14H2,1-5H3. The van der Waals surface area contributed by atoms with Gasteiger partial charge in [0, 0.05) is 25.2 Å². The number of fused-ring (bicyclic) bond motifs is 5. The first-order chi connectivity index (χ1) is 12.8. The molecule has 2 heterocycles. The van der Waals surface area contributed by atoms with Crippen molar-refractivity contribution in [2.45, 2.75) is 32.9 Å². The van der Waals surface area contributed by atoms with Crippen LogP contribution in [0.5, 0.6) is 0 Å². The summed E-state index contributed by atoms with van der Waals surface area (Å²) in [6.07, 6.45) is 0. The first-order valence-corrected chi connectivity index (χ1v) is 9.13. The van der Waals surface area contributed by atoms with Crippen molar-refractivity contribution in [1.29, 1.82) is 0 Å². The van der Waals surface area contributed by atoms with Crippen molar-refractivity contribution in [3.63, 3.8) is 0 Å². The fourth-order valence-corrected chi connectivity index (χ4v) is 3.40. The molecule has 0 bridgehead atoms. The van der Waals surface area contributed by atoms with Crippen LogP contribution in [-0.4, -0.2) is 34.8 Å². The number of nitrogens with zero attached hydrogens (tertiary/aromatic N) is 5. The van der Waals surface area contributed by atoms with Crippen molar-refractivity contribution in [1.82, 2.24) is 15.1 Å². The second kappa shape index (κ2) is 6.39. The number of aromatic nitrogens is 3. The van der Waals surface area contributed by atoms with Gasteiger partial charge in [-0.3, -0.25) is 4.84 Å². The summed E-state index contributed by atoms with van der Waals surface area (Å²) in [6, 6.07) is 16.6. The van der Waals surface area contributed by atoms with Crippen molar-refractivity contribution in [2.75, 3.05) is 24.2 Å². The molecule has 0 saturated carbocycles. The minimum absolute atomic E-state index is 0.314. The second-order valence-corrected chi connectivity index (χ2v) is 7.94. The van der Waals surface area contributed by atoms with Crippen molar-refractivity contribution < 1.29 is 4.84 Å². The van der Waals surface area contributed by atoms with Gasteiger partial charge in [-0.2, -0.15) is 4.79 Å². The van der Waals surface area contributed by atoms with E-state index in [1.54, 1.807) is 0 Å². The maximum absolute atomic E-state index is 6.33. The van der Waals surface area contributed by atoms with E-state index >= 15 is 0 Å². The van der Waals surface area contributed by atoms with Crippen LogP contribution in [0.25, 0.3) is 22.5 Å². The van der Waals surface area contributed by atoms with Crippen LogP contribution in [0.1, 0.15) is 26.3 Å². The number of benzene rings is 2. The van der Waals surface area contributed by atoms with Gasteiger partial charge in [-0.1, -0.05) is 42.5 Å². The summed E-state index contributed by atoms with van der Waals surface area (Å²) in [6.45, 7) is 6.83. The largest absolute Gasteiger partial charge is 0.301 e. The Kier molecular flexibility index (Phi) is 4.15. The Morgan fingerprint density at radius 3 is 2.33 bits per heavy atom. The average Bonchev–Trinajstić information content (AvgIpc) is 3.04. The lowest BCUT2D eigenvalue weighted by Gasteiger charge is -2.34. The van der Waals surface area contributed by atoms with Crippen LogP contribution in [-0.2, 0) is 11.4 Å². The molecular weight excluding hydrogens is 338 g/mol. The fourth-order valence-electron chi connectivity index (χ4n) is 3.40. The highest BCUT2D eigenvalue weighted by atomic mass is 16.7. The van der Waals surface area contributed by atoms with E-state index in [1.807, 2.05) is 41.1 Å². The molecular formula is C21H25N5O. The van der Waals surface area contributed by atoms with E-state index in [0.717, 1.165) is 28.2 Å². The van der Waals surface area contributed by atoms with E-state index in [1.165, 1.54) is 5.56 Å². The van der Waals surface area contributed by atoms with Crippen molar-refractivity contribution in [3.05, 3.63) is 54.1 Å². The summed E-state index contributed by atoms with van der Waals surface area (Å²) in [4.78, 5) is 8.19. The number of anilines is 1. The van der Waals surface area contributed by atoms with Crippen molar-refractivity contribution >= 4 is 5.69 Å². The van der Waals surface area contributed by atoms with E-state index in [-0.39, 0.29) is 5.60 Å². The van der Waals surface area contributed by atoms with Gasteiger partial charge >= 0.3 is 0 Å². The molecule has 1 aromatic heterocycles. The minimum Gasteiger partial charge on any atom is -0.301 e. The lowest BCUT2D eigenvalue weighted by Crippen LogP contribution is -2.34. The summed E-state index contributed by atoms with van der Waals surface area (Å²) in [7, 11) is 3.94. The quantitative estimate of drug-likeness (QED) is 0.692. The van der Waals surface area contributed by atoms with Crippen molar-refractivity contribution in [2.24, 2.45) is 0 Å². The topological polar surface area (TPSA) is 46.4 Å². The van der Waals surface area contributed by atoms with E-state index in [9.17, 15) is 0 Å². The number of hydrogen-bond acceptors (Lipinski definition) is 5. The summed E-state index contributed by atoms with van der Waals surface area (Å²) in [5, 5.41) is 12.9.